The molecule has 1 atom stereocenters. The highest BCUT2D eigenvalue weighted by Crippen LogP contribution is 2.40. The topological polar surface area (TPSA) is 18.5 Å². The van der Waals surface area contributed by atoms with Gasteiger partial charge in [-0.25, -0.2) is 0 Å². The first-order valence-corrected chi connectivity index (χ1v) is 7.00. The van der Waals surface area contributed by atoms with Crippen LogP contribution in [-0.4, -0.2) is 14.2 Å². The second-order valence-corrected chi connectivity index (χ2v) is 5.37. The molecule has 0 saturated carbocycles. The molecule has 0 fully saturated rings. The number of halogens is 2. The highest BCUT2D eigenvalue weighted by Gasteiger charge is 2.19. The van der Waals surface area contributed by atoms with E-state index in [2.05, 4.69) is 0 Å². The Bertz CT molecular complexity index is 611. The summed E-state index contributed by atoms with van der Waals surface area (Å²) in [6.07, 6.45) is 0. The van der Waals surface area contributed by atoms with Crippen LogP contribution in [0.2, 0.25) is 5.02 Å². The number of hydrogen-bond donors (Lipinski definition) is 0. The largest absolute Gasteiger partial charge is 0.496 e. The van der Waals surface area contributed by atoms with Gasteiger partial charge in [0.1, 0.15) is 11.5 Å². The zero-order valence-electron chi connectivity index (χ0n) is 11.6. The molecule has 0 saturated heterocycles. The van der Waals surface area contributed by atoms with E-state index in [0.717, 1.165) is 22.4 Å². The van der Waals surface area contributed by atoms with Crippen molar-refractivity contribution >= 4 is 23.2 Å². The zero-order chi connectivity index (χ0) is 14.7. The lowest BCUT2D eigenvalue weighted by atomic mass is 10.0. The van der Waals surface area contributed by atoms with Crippen molar-refractivity contribution in [2.45, 2.75) is 12.3 Å². The van der Waals surface area contributed by atoms with Crippen LogP contribution in [0.5, 0.6) is 11.5 Å². The van der Waals surface area contributed by atoms with Gasteiger partial charge >= 0.3 is 0 Å². The normalized spacial score (nSPS) is 12.1. The van der Waals surface area contributed by atoms with Gasteiger partial charge in [-0.2, -0.15) is 0 Å². The van der Waals surface area contributed by atoms with Crippen molar-refractivity contribution in [1.29, 1.82) is 0 Å². The standard InChI is InChI=1S/C16H16Cl2O2/c1-10-4-7-14(19-2)13(8-10)16(18)12-6-5-11(17)9-15(12)20-3/h4-9,16H,1-3H3. The first-order valence-electron chi connectivity index (χ1n) is 6.19. The van der Waals surface area contributed by atoms with E-state index in [9.17, 15) is 0 Å². The lowest BCUT2D eigenvalue weighted by molar-refractivity contribution is 0.404. The van der Waals surface area contributed by atoms with Gasteiger partial charge in [0.15, 0.2) is 0 Å². The van der Waals surface area contributed by atoms with Gasteiger partial charge in [0.2, 0.25) is 0 Å². The number of ether oxygens (including phenoxy) is 2. The lowest BCUT2D eigenvalue weighted by Crippen LogP contribution is -2.00. The van der Waals surface area contributed by atoms with Crippen LogP contribution in [-0.2, 0) is 0 Å². The van der Waals surface area contributed by atoms with Crippen molar-refractivity contribution in [3.8, 4) is 11.5 Å². The molecule has 2 nitrogen and oxygen atoms in total. The average Bonchev–Trinajstić information content (AvgIpc) is 2.46. The van der Waals surface area contributed by atoms with Crippen molar-refractivity contribution in [2.75, 3.05) is 14.2 Å². The molecule has 0 heterocycles. The summed E-state index contributed by atoms with van der Waals surface area (Å²) in [7, 11) is 3.24. The third kappa shape index (κ3) is 3.02. The Morgan fingerprint density at radius 3 is 2.25 bits per heavy atom. The van der Waals surface area contributed by atoms with E-state index in [0.29, 0.717) is 10.8 Å². The zero-order valence-corrected chi connectivity index (χ0v) is 13.1. The summed E-state index contributed by atoms with van der Waals surface area (Å²) in [6, 6.07) is 11.4. The molecule has 0 radical (unpaired) electrons. The molecule has 0 aliphatic rings. The predicted molar refractivity (Wildman–Crippen MR) is 83.4 cm³/mol. The minimum Gasteiger partial charge on any atom is -0.496 e. The Morgan fingerprint density at radius 1 is 0.900 bits per heavy atom. The van der Waals surface area contributed by atoms with E-state index >= 15 is 0 Å². The summed E-state index contributed by atoms with van der Waals surface area (Å²) < 4.78 is 10.8. The minimum absolute atomic E-state index is 0.364. The molecule has 1 unspecified atom stereocenters. The van der Waals surface area contributed by atoms with Crippen LogP contribution in [0.25, 0.3) is 0 Å². The van der Waals surface area contributed by atoms with Gasteiger partial charge in [-0.15, -0.1) is 11.6 Å². The van der Waals surface area contributed by atoms with Gasteiger partial charge in [0.05, 0.1) is 19.6 Å². The second kappa shape index (κ2) is 6.38. The van der Waals surface area contributed by atoms with E-state index in [1.54, 1.807) is 26.4 Å². The number of hydrogen-bond acceptors (Lipinski definition) is 2. The molecule has 4 heteroatoms. The number of benzene rings is 2. The van der Waals surface area contributed by atoms with Crippen LogP contribution in [0.15, 0.2) is 36.4 Å². The van der Waals surface area contributed by atoms with Crippen LogP contribution < -0.4 is 9.47 Å². The second-order valence-electron chi connectivity index (χ2n) is 4.49. The molecular weight excluding hydrogens is 295 g/mol. The van der Waals surface area contributed by atoms with Crippen LogP contribution in [0.1, 0.15) is 22.1 Å². The molecular formula is C16H16Cl2O2. The van der Waals surface area contributed by atoms with Crippen LogP contribution in [0.4, 0.5) is 0 Å². The Labute approximate surface area is 129 Å². The van der Waals surface area contributed by atoms with Crippen molar-refractivity contribution in [1.82, 2.24) is 0 Å². The van der Waals surface area contributed by atoms with Crippen molar-refractivity contribution < 1.29 is 9.47 Å². The molecule has 0 aliphatic carbocycles. The fraction of sp³-hybridized carbons (Fsp3) is 0.250. The molecule has 2 rings (SSSR count). The maximum absolute atomic E-state index is 6.62. The molecule has 0 aliphatic heterocycles. The van der Waals surface area contributed by atoms with Gasteiger partial charge in [-0.3, -0.25) is 0 Å². The monoisotopic (exact) mass is 310 g/mol. The highest BCUT2D eigenvalue weighted by molar-refractivity contribution is 6.30. The maximum atomic E-state index is 6.62. The molecule has 0 amide bonds. The van der Waals surface area contributed by atoms with Gasteiger partial charge in [-0.05, 0) is 25.1 Å². The summed E-state index contributed by atoms with van der Waals surface area (Å²) >= 11 is 12.6. The molecule has 0 N–H and O–H groups in total. The molecule has 0 aromatic heterocycles. The summed E-state index contributed by atoms with van der Waals surface area (Å²) in [5.41, 5.74) is 2.90. The third-order valence-corrected chi connectivity index (χ3v) is 3.83. The van der Waals surface area contributed by atoms with Gasteiger partial charge in [-0.1, -0.05) is 35.4 Å². The van der Waals surface area contributed by atoms with E-state index in [-0.39, 0.29) is 5.38 Å². The molecule has 0 spiro atoms. The Kier molecular flexibility index (Phi) is 4.79. The Hall–Kier alpha value is -1.38. The maximum Gasteiger partial charge on any atom is 0.125 e. The van der Waals surface area contributed by atoms with Gasteiger partial charge < -0.3 is 9.47 Å². The van der Waals surface area contributed by atoms with Gasteiger partial charge in [0, 0.05) is 16.1 Å². The van der Waals surface area contributed by atoms with Crippen molar-refractivity contribution in [2.24, 2.45) is 0 Å². The van der Waals surface area contributed by atoms with Crippen LogP contribution >= 0.6 is 23.2 Å². The predicted octanol–water partition coefficient (Wildman–Crippen LogP) is 4.99. The molecule has 0 bridgehead atoms. The van der Waals surface area contributed by atoms with Crippen LogP contribution in [0, 0.1) is 6.92 Å². The van der Waals surface area contributed by atoms with E-state index in [4.69, 9.17) is 32.7 Å². The first kappa shape index (κ1) is 15.0. The first-order chi connectivity index (χ1) is 9.56. The molecule has 2 aromatic carbocycles. The lowest BCUT2D eigenvalue weighted by Gasteiger charge is -2.17. The number of methoxy groups -OCH3 is 2. The van der Waals surface area contributed by atoms with E-state index < -0.39 is 0 Å². The Balaban J connectivity index is 2.51. The third-order valence-electron chi connectivity index (χ3n) is 3.13. The molecule has 2 aromatic rings. The molecule has 106 valence electrons. The summed E-state index contributed by atoms with van der Waals surface area (Å²) in [4.78, 5) is 0. The number of alkyl halides is 1. The fourth-order valence-corrected chi connectivity index (χ4v) is 2.63. The SMILES string of the molecule is COc1cc(Cl)ccc1C(Cl)c1cc(C)ccc1OC. The average molecular weight is 311 g/mol. The van der Waals surface area contributed by atoms with Crippen LogP contribution in [0.3, 0.4) is 0 Å². The fourth-order valence-electron chi connectivity index (χ4n) is 2.11. The minimum atomic E-state index is -0.364. The number of rotatable bonds is 4. The summed E-state index contributed by atoms with van der Waals surface area (Å²) in [6.45, 7) is 2.02. The van der Waals surface area contributed by atoms with E-state index in [1.165, 1.54) is 0 Å². The summed E-state index contributed by atoms with van der Waals surface area (Å²) in [5.74, 6) is 1.42. The molecule has 20 heavy (non-hydrogen) atoms. The summed E-state index contributed by atoms with van der Waals surface area (Å²) in [5, 5.41) is 0.253. The van der Waals surface area contributed by atoms with Crippen molar-refractivity contribution in [3.05, 3.63) is 58.1 Å². The highest BCUT2D eigenvalue weighted by atomic mass is 35.5. The Morgan fingerprint density at radius 2 is 1.60 bits per heavy atom. The van der Waals surface area contributed by atoms with Gasteiger partial charge in [0.25, 0.3) is 0 Å². The number of aryl methyl sites for hydroxylation is 1. The smallest absolute Gasteiger partial charge is 0.125 e. The quantitative estimate of drug-likeness (QED) is 0.740. The van der Waals surface area contributed by atoms with Crippen molar-refractivity contribution in [3.63, 3.8) is 0 Å². The van der Waals surface area contributed by atoms with E-state index in [1.807, 2.05) is 31.2 Å².